The predicted octanol–water partition coefficient (Wildman–Crippen LogP) is 4.21. The lowest BCUT2D eigenvalue weighted by Crippen LogP contribution is -2.23. The molecule has 1 unspecified atom stereocenters. The van der Waals surface area contributed by atoms with Crippen molar-refractivity contribution in [2.75, 3.05) is 5.32 Å². The van der Waals surface area contributed by atoms with E-state index < -0.39 is 0 Å². The van der Waals surface area contributed by atoms with Crippen molar-refractivity contribution in [3.05, 3.63) is 65.5 Å². The Bertz CT molecular complexity index is 994. The summed E-state index contributed by atoms with van der Waals surface area (Å²) in [6.45, 7) is 7.26. The molecule has 0 aliphatic heterocycles. The number of carbonyl (C=O) groups excluding carboxylic acids is 2. The number of aryl methyl sites for hydroxylation is 2. The van der Waals surface area contributed by atoms with Gasteiger partial charge in [-0.15, -0.1) is 10.2 Å². The van der Waals surface area contributed by atoms with Crippen molar-refractivity contribution in [3.8, 4) is 5.69 Å². The summed E-state index contributed by atoms with van der Waals surface area (Å²) < 4.78 is 1.94. The summed E-state index contributed by atoms with van der Waals surface area (Å²) in [5.41, 5.74) is 3.40. The summed E-state index contributed by atoms with van der Waals surface area (Å²) in [6, 6.07) is 14.9. The van der Waals surface area contributed by atoms with Crippen molar-refractivity contribution in [3.63, 3.8) is 0 Å². The first-order valence-electron chi connectivity index (χ1n) is 8.92. The van der Waals surface area contributed by atoms with Gasteiger partial charge in [0.05, 0.1) is 5.25 Å². The van der Waals surface area contributed by atoms with E-state index in [2.05, 4.69) is 15.5 Å². The Morgan fingerprint density at radius 2 is 1.64 bits per heavy atom. The molecule has 1 amide bonds. The summed E-state index contributed by atoms with van der Waals surface area (Å²) in [7, 11) is 0. The molecule has 1 atom stereocenters. The smallest absolute Gasteiger partial charge is 0.237 e. The fourth-order valence-corrected chi connectivity index (χ4v) is 3.57. The number of Topliss-reactive ketones (excluding diaryl/α,β-unsaturated/α-hetero) is 1. The highest BCUT2D eigenvalue weighted by atomic mass is 32.2. The highest BCUT2D eigenvalue weighted by Crippen LogP contribution is 2.26. The van der Waals surface area contributed by atoms with Gasteiger partial charge in [0.2, 0.25) is 5.91 Å². The number of hydrogen-bond donors (Lipinski definition) is 1. The Kier molecular flexibility index (Phi) is 5.94. The Hall–Kier alpha value is -2.93. The Morgan fingerprint density at radius 1 is 1.00 bits per heavy atom. The highest BCUT2D eigenvalue weighted by molar-refractivity contribution is 8.00. The molecule has 7 heteroatoms. The largest absolute Gasteiger partial charge is 0.325 e. The minimum atomic E-state index is -0.375. The maximum absolute atomic E-state index is 12.6. The van der Waals surface area contributed by atoms with E-state index >= 15 is 0 Å². The van der Waals surface area contributed by atoms with Crippen molar-refractivity contribution < 1.29 is 9.59 Å². The van der Waals surface area contributed by atoms with Crippen molar-refractivity contribution in [1.29, 1.82) is 0 Å². The fourth-order valence-electron chi connectivity index (χ4n) is 2.65. The van der Waals surface area contributed by atoms with Gasteiger partial charge in [0.15, 0.2) is 10.9 Å². The number of benzene rings is 2. The molecule has 6 nitrogen and oxygen atoms in total. The molecular weight excluding hydrogens is 372 g/mol. The van der Waals surface area contributed by atoms with Gasteiger partial charge in [0.25, 0.3) is 0 Å². The molecule has 0 aliphatic carbocycles. The number of amides is 1. The van der Waals surface area contributed by atoms with Crippen LogP contribution in [0.25, 0.3) is 5.69 Å². The second-order valence-corrected chi connectivity index (χ2v) is 7.89. The van der Waals surface area contributed by atoms with Crippen LogP contribution in [0.3, 0.4) is 0 Å². The number of thioether (sulfide) groups is 1. The van der Waals surface area contributed by atoms with Crippen molar-refractivity contribution in [2.24, 2.45) is 0 Å². The monoisotopic (exact) mass is 394 g/mol. The molecule has 0 aliphatic rings. The topological polar surface area (TPSA) is 76.9 Å². The van der Waals surface area contributed by atoms with Gasteiger partial charge in [0.1, 0.15) is 5.82 Å². The number of nitrogens with zero attached hydrogens (tertiary/aromatic N) is 3. The van der Waals surface area contributed by atoms with Crippen LogP contribution in [0, 0.1) is 13.8 Å². The molecule has 3 aromatic rings. The van der Waals surface area contributed by atoms with Gasteiger partial charge in [-0.25, -0.2) is 0 Å². The molecule has 0 spiro atoms. The summed E-state index contributed by atoms with van der Waals surface area (Å²) in [5.74, 6) is 0.614. The number of nitrogens with one attached hydrogen (secondary N) is 1. The van der Waals surface area contributed by atoms with Crippen LogP contribution in [0.2, 0.25) is 0 Å². The zero-order chi connectivity index (χ0) is 20.3. The third-order valence-corrected chi connectivity index (χ3v) is 5.34. The first kappa shape index (κ1) is 19.8. The van der Waals surface area contributed by atoms with E-state index in [4.69, 9.17) is 0 Å². The molecule has 2 aromatic carbocycles. The number of ketones is 1. The Labute approximate surface area is 168 Å². The quantitative estimate of drug-likeness (QED) is 0.501. The van der Waals surface area contributed by atoms with Gasteiger partial charge in [-0.05, 0) is 64.1 Å². The van der Waals surface area contributed by atoms with Gasteiger partial charge in [-0.3, -0.25) is 14.2 Å². The third-order valence-electron chi connectivity index (χ3n) is 4.30. The second-order valence-electron chi connectivity index (χ2n) is 6.58. The second kappa shape index (κ2) is 8.39. The molecule has 28 heavy (non-hydrogen) atoms. The van der Waals surface area contributed by atoms with E-state index in [1.807, 2.05) is 49.6 Å². The van der Waals surface area contributed by atoms with Crippen molar-refractivity contribution >= 4 is 29.1 Å². The third kappa shape index (κ3) is 4.48. The van der Waals surface area contributed by atoms with Crippen LogP contribution in [-0.2, 0) is 4.79 Å². The predicted molar refractivity (Wildman–Crippen MR) is 111 cm³/mol. The Balaban J connectivity index is 1.72. The van der Waals surface area contributed by atoms with Crippen molar-refractivity contribution in [1.82, 2.24) is 14.8 Å². The molecule has 3 rings (SSSR count). The number of hydrogen-bond acceptors (Lipinski definition) is 5. The Morgan fingerprint density at radius 3 is 2.25 bits per heavy atom. The lowest BCUT2D eigenvalue weighted by atomic mass is 10.1. The minimum Gasteiger partial charge on any atom is -0.325 e. The summed E-state index contributed by atoms with van der Waals surface area (Å²) in [5, 5.41) is 11.6. The molecule has 1 N–H and O–H groups in total. The first-order valence-corrected chi connectivity index (χ1v) is 9.80. The summed E-state index contributed by atoms with van der Waals surface area (Å²) in [4.78, 5) is 23.9. The van der Waals surface area contributed by atoms with E-state index in [0.29, 0.717) is 16.4 Å². The number of aromatic nitrogens is 3. The van der Waals surface area contributed by atoms with E-state index in [1.54, 1.807) is 24.3 Å². The maximum atomic E-state index is 12.6. The zero-order valence-corrected chi connectivity index (χ0v) is 17.1. The summed E-state index contributed by atoms with van der Waals surface area (Å²) in [6.07, 6.45) is 0. The van der Waals surface area contributed by atoms with Gasteiger partial charge in [-0.1, -0.05) is 29.5 Å². The van der Waals surface area contributed by atoms with Crippen LogP contribution in [0.4, 0.5) is 5.69 Å². The molecule has 144 valence electrons. The lowest BCUT2D eigenvalue weighted by molar-refractivity contribution is -0.115. The minimum absolute atomic E-state index is 0.00684. The molecule has 0 saturated heterocycles. The van der Waals surface area contributed by atoms with Crippen molar-refractivity contribution in [2.45, 2.75) is 38.1 Å². The molecule has 0 saturated carbocycles. The van der Waals surface area contributed by atoms with Crippen LogP contribution in [0.5, 0.6) is 0 Å². The highest BCUT2D eigenvalue weighted by Gasteiger charge is 2.20. The first-order chi connectivity index (χ1) is 13.3. The van der Waals surface area contributed by atoms with Crippen LogP contribution in [0.1, 0.15) is 35.6 Å². The van der Waals surface area contributed by atoms with E-state index in [0.717, 1.165) is 11.5 Å². The zero-order valence-electron chi connectivity index (χ0n) is 16.3. The average Bonchev–Trinajstić information content (AvgIpc) is 3.03. The number of carbonyl (C=O) groups is 2. The molecule has 0 bridgehead atoms. The molecule has 0 fully saturated rings. The van der Waals surface area contributed by atoms with E-state index in [1.165, 1.54) is 24.2 Å². The maximum Gasteiger partial charge on any atom is 0.237 e. The van der Waals surface area contributed by atoms with Crippen LogP contribution >= 0.6 is 11.8 Å². The van der Waals surface area contributed by atoms with Crippen LogP contribution in [0.15, 0.2) is 53.7 Å². The van der Waals surface area contributed by atoms with Gasteiger partial charge >= 0.3 is 0 Å². The molecule has 0 radical (unpaired) electrons. The average molecular weight is 395 g/mol. The van der Waals surface area contributed by atoms with Crippen LogP contribution in [-0.4, -0.2) is 31.7 Å². The van der Waals surface area contributed by atoms with Gasteiger partial charge in [0, 0.05) is 16.9 Å². The van der Waals surface area contributed by atoms with E-state index in [9.17, 15) is 9.59 Å². The molecular formula is C21H22N4O2S. The lowest BCUT2D eigenvalue weighted by Gasteiger charge is -2.13. The summed E-state index contributed by atoms with van der Waals surface area (Å²) >= 11 is 1.35. The normalized spacial score (nSPS) is 11.9. The number of anilines is 1. The molecule has 1 aromatic heterocycles. The fraction of sp³-hybridized carbons (Fsp3) is 0.238. The van der Waals surface area contributed by atoms with Gasteiger partial charge < -0.3 is 5.32 Å². The van der Waals surface area contributed by atoms with E-state index in [-0.39, 0.29) is 16.9 Å². The number of rotatable bonds is 6. The SMILES string of the molecule is CC(=O)c1ccc(NC(=O)C(C)Sc2nnc(C)n2-c2ccc(C)cc2)cc1. The molecule has 1 heterocycles. The standard InChI is InChI=1S/C21H22N4O2S/c1-13-5-11-19(12-6-13)25-16(4)23-24-21(25)28-15(3)20(27)22-18-9-7-17(8-10-18)14(2)26/h5-12,15H,1-4H3,(H,22,27). The van der Waals surface area contributed by atoms with Gasteiger partial charge in [-0.2, -0.15) is 0 Å². The van der Waals surface area contributed by atoms with Crippen LogP contribution < -0.4 is 5.32 Å².